The van der Waals surface area contributed by atoms with Gasteiger partial charge in [0.15, 0.2) is 0 Å². The second kappa shape index (κ2) is 11.9. The molecule has 2 aromatic carbocycles. The summed E-state index contributed by atoms with van der Waals surface area (Å²) in [5, 5.41) is 2.86. The van der Waals surface area contributed by atoms with E-state index in [9.17, 15) is 18.0 Å². The zero-order valence-corrected chi connectivity index (χ0v) is 21.6. The van der Waals surface area contributed by atoms with E-state index in [1.165, 1.54) is 4.90 Å². The number of benzene rings is 2. The molecule has 0 saturated heterocycles. The van der Waals surface area contributed by atoms with Crippen LogP contribution in [-0.2, 0) is 26.2 Å². The van der Waals surface area contributed by atoms with Gasteiger partial charge in [0.05, 0.1) is 19.1 Å². The maximum absolute atomic E-state index is 13.5. The van der Waals surface area contributed by atoms with Crippen molar-refractivity contribution in [1.82, 2.24) is 10.2 Å². The van der Waals surface area contributed by atoms with E-state index in [0.717, 1.165) is 21.7 Å². The van der Waals surface area contributed by atoms with E-state index in [1.54, 1.807) is 50.4 Å². The molecule has 0 unspecified atom stereocenters. The van der Waals surface area contributed by atoms with Crippen molar-refractivity contribution in [2.75, 3.05) is 30.8 Å². The Hall–Kier alpha value is -3.07. The standard InChI is InChI=1S/C25H35N3O5S/c1-18(2)15-26-25(30)20(4)27(16-21-9-13-23(33-5)14-10-21)24(29)17-28(34(6,31)32)22-11-7-19(3)8-12-22/h7-14,18,20H,15-17H2,1-6H3,(H,26,30)/t20-/m1/s1. The number of aryl methyl sites for hydroxylation is 1. The van der Waals surface area contributed by atoms with Crippen LogP contribution in [0.15, 0.2) is 48.5 Å². The monoisotopic (exact) mass is 489 g/mol. The molecule has 0 bridgehead atoms. The highest BCUT2D eigenvalue weighted by molar-refractivity contribution is 7.92. The molecule has 0 spiro atoms. The average molecular weight is 490 g/mol. The summed E-state index contributed by atoms with van der Waals surface area (Å²) in [6.07, 6.45) is 1.06. The SMILES string of the molecule is COc1ccc(CN(C(=O)CN(c2ccc(C)cc2)S(C)(=O)=O)[C@H](C)C(=O)NCC(C)C)cc1. The van der Waals surface area contributed by atoms with Crippen LogP contribution in [0, 0.1) is 12.8 Å². The first-order chi connectivity index (χ1) is 15.9. The lowest BCUT2D eigenvalue weighted by Crippen LogP contribution is -2.51. The van der Waals surface area contributed by atoms with Gasteiger partial charge in [-0.05, 0) is 49.6 Å². The third kappa shape index (κ3) is 7.76. The molecule has 0 aromatic heterocycles. The number of nitrogens with zero attached hydrogens (tertiary/aromatic N) is 2. The number of rotatable bonds is 11. The highest BCUT2D eigenvalue weighted by Crippen LogP contribution is 2.20. The summed E-state index contributed by atoms with van der Waals surface area (Å²) in [4.78, 5) is 27.7. The van der Waals surface area contributed by atoms with Gasteiger partial charge in [-0.2, -0.15) is 0 Å². The first-order valence-electron chi connectivity index (χ1n) is 11.2. The molecule has 0 heterocycles. The summed E-state index contributed by atoms with van der Waals surface area (Å²) < 4.78 is 31.3. The number of hydrogen-bond acceptors (Lipinski definition) is 5. The van der Waals surface area contributed by atoms with Crippen LogP contribution in [0.25, 0.3) is 0 Å². The molecule has 1 N–H and O–H groups in total. The predicted octanol–water partition coefficient (Wildman–Crippen LogP) is 2.96. The number of nitrogens with one attached hydrogen (secondary N) is 1. The van der Waals surface area contributed by atoms with Crippen molar-refractivity contribution in [3.63, 3.8) is 0 Å². The Morgan fingerprint density at radius 1 is 1.00 bits per heavy atom. The zero-order chi connectivity index (χ0) is 25.5. The molecule has 0 saturated carbocycles. The van der Waals surface area contributed by atoms with Crippen molar-refractivity contribution >= 4 is 27.5 Å². The van der Waals surface area contributed by atoms with E-state index >= 15 is 0 Å². The van der Waals surface area contributed by atoms with Crippen LogP contribution in [0.2, 0.25) is 0 Å². The number of anilines is 1. The Labute approximate surface area is 202 Å². The van der Waals surface area contributed by atoms with Crippen molar-refractivity contribution in [3.8, 4) is 5.75 Å². The van der Waals surface area contributed by atoms with Crippen molar-refractivity contribution in [2.24, 2.45) is 5.92 Å². The van der Waals surface area contributed by atoms with E-state index < -0.39 is 28.5 Å². The van der Waals surface area contributed by atoms with E-state index in [0.29, 0.717) is 18.0 Å². The molecule has 1 atom stereocenters. The van der Waals surface area contributed by atoms with Gasteiger partial charge in [-0.3, -0.25) is 13.9 Å². The van der Waals surface area contributed by atoms with Crippen molar-refractivity contribution in [2.45, 2.75) is 40.3 Å². The van der Waals surface area contributed by atoms with Gasteiger partial charge in [0.1, 0.15) is 18.3 Å². The van der Waals surface area contributed by atoms with Crippen LogP contribution in [0.4, 0.5) is 5.69 Å². The molecule has 0 fully saturated rings. The molecule has 0 aliphatic heterocycles. The summed E-state index contributed by atoms with van der Waals surface area (Å²) in [6, 6.07) is 13.3. The predicted molar refractivity (Wildman–Crippen MR) is 134 cm³/mol. The fourth-order valence-corrected chi connectivity index (χ4v) is 4.14. The van der Waals surface area contributed by atoms with Crippen molar-refractivity contribution < 1.29 is 22.7 Å². The van der Waals surface area contributed by atoms with E-state index in [-0.39, 0.29) is 18.4 Å². The number of methoxy groups -OCH3 is 1. The van der Waals surface area contributed by atoms with Crippen LogP contribution in [0.1, 0.15) is 31.9 Å². The summed E-state index contributed by atoms with van der Waals surface area (Å²) >= 11 is 0. The normalized spacial score (nSPS) is 12.2. The average Bonchev–Trinajstić information content (AvgIpc) is 2.79. The first-order valence-corrected chi connectivity index (χ1v) is 13.0. The fraction of sp³-hybridized carbons (Fsp3) is 0.440. The van der Waals surface area contributed by atoms with E-state index in [4.69, 9.17) is 4.74 Å². The highest BCUT2D eigenvalue weighted by atomic mass is 32.2. The quantitative estimate of drug-likeness (QED) is 0.524. The summed E-state index contributed by atoms with van der Waals surface area (Å²) in [7, 11) is -2.17. The maximum atomic E-state index is 13.5. The maximum Gasteiger partial charge on any atom is 0.244 e. The summed E-state index contributed by atoms with van der Waals surface area (Å²) in [5.74, 6) is 0.155. The van der Waals surface area contributed by atoms with Gasteiger partial charge in [0.2, 0.25) is 21.8 Å². The Bertz CT molecular complexity index is 1070. The highest BCUT2D eigenvalue weighted by Gasteiger charge is 2.30. The van der Waals surface area contributed by atoms with E-state index in [2.05, 4.69) is 5.32 Å². The fourth-order valence-electron chi connectivity index (χ4n) is 3.29. The number of carbonyl (C=O) groups excluding carboxylic acids is 2. The van der Waals surface area contributed by atoms with Crippen LogP contribution >= 0.6 is 0 Å². The minimum absolute atomic E-state index is 0.143. The number of sulfonamides is 1. The second-order valence-corrected chi connectivity index (χ2v) is 10.7. The lowest BCUT2D eigenvalue weighted by molar-refractivity contribution is -0.139. The molecular weight excluding hydrogens is 454 g/mol. The lowest BCUT2D eigenvalue weighted by atomic mass is 10.1. The topological polar surface area (TPSA) is 96.0 Å². The molecule has 2 amide bonds. The van der Waals surface area contributed by atoms with Gasteiger partial charge in [0.25, 0.3) is 0 Å². The largest absolute Gasteiger partial charge is 0.497 e. The minimum atomic E-state index is -3.74. The molecule has 9 heteroatoms. The van der Waals surface area contributed by atoms with Crippen LogP contribution in [0.5, 0.6) is 5.75 Å². The van der Waals surface area contributed by atoms with Gasteiger partial charge < -0.3 is 15.0 Å². The Kier molecular flexibility index (Phi) is 9.49. The number of ether oxygens (including phenoxy) is 1. The molecule has 0 aliphatic rings. The zero-order valence-electron chi connectivity index (χ0n) is 20.7. The van der Waals surface area contributed by atoms with Gasteiger partial charge in [-0.15, -0.1) is 0 Å². The molecule has 0 aliphatic carbocycles. The Morgan fingerprint density at radius 2 is 1.59 bits per heavy atom. The smallest absolute Gasteiger partial charge is 0.244 e. The van der Waals surface area contributed by atoms with E-state index in [1.807, 2.05) is 32.9 Å². The molecule has 0 radical (unpaired) electrons. The summed E-state index contributed by atoms with van der Waals surface area (Å²) in [5.41, 5.74) is 2.15. The molecule has 8 nitrogen and oxygen atoms in total. The van der Waals surface area contributed by atoms with Crippen LogP contribution < -0.4 is 14.4 Å². The number of carbonyl (C=O) groups is 2. The number of amides is 2. The first kappa shape index (κ1) is 27.2. The van der Waals surface area contributed by atoms with Gasteiger partial charge >= 0.3 is 0 Å². The molecular formula is C25H35N3O5S. The molecule has 186 valence electrons. The third-order valence-electron chi connectivity index (χ3n) is 5.36. The molecule has 2 aromatic rings. The Morgan fingerprint density at radius 3 is 2.09 bits per heavy atom. The minimum Gasteiger partial charge on any atom is -0.497 e. The Balaban J connectivity index is 2.34. The van der Waals surface area contributed by atoms with Gasteiger partial charge in [-0.25, -0.2) is 8.42 Å². The van der Waals surface area contributed by atoms with Crippen LogP contribution in [0.3, 0.4) is 0 Å². The molecule has 2 rings (SSSR count). The number of hydrogen-bond donors (Lipinski definition) is 1. The van der Waals surface area contributed by atoms with Gasteiger partial charge in [0, 0.05) is 13.1 Å². The van der Waals surface area contributed by atoms with Gasteiger partial charge in [-0.1, -0.05) is 43.7 Å². The lowest BCUT2D eigenvalue weighted by Gasteiger charge is -2.31. The summed E-state index contributed by atoms with van der Waals surface area (Å²) in [6.45, 7) is 7.71. The van der Waals surface area contributed by atoms with Crippen LogP contribution in [-0.4, -0.2) is 57.6 Å². The molecule has 34 heavy (non-hydrogen) atoms. The van der Waals surface area contributed by atoms with Crippen molar-refractivity contribution in [3.05, 3.63) is 59.7 Å². The second-order valence-electron chi connectivity index (χ2n) is 8.79. The van der Waals surface area contributed by atoms with Crippen molar-refractivity contribution in [1.29, 1.82) is 0 Å². The third-order valence-corrected chi connectivity index (χ3v) is 6.51.